The van der Waals surface area contributed by atoms with Gasteiger partial charge in [-0.3, -0.25) is 0 Å². The molecule has 36 heavy (non-hydrogen) atoms. The predicted octanol–water partition coefficient (Wildman–Crippen LogP) is 8.67. The number of nitrogens with zero attached hydrogens (tertiary/aromatic N) is 3. The van der Waals surface area contributed by atoms with Crippen LogP contribution in [-0.4, -0.2) is 9.97 Å². The molecule has 2 aromatic heterocycles. The molecule has 0 amide bonds. The van der Waals surface area contributed by atoms with Crippen molar-refractivity contribution in [2.45, 2.75) is 0 Å². The van der Waals surface area contributed by atoms with Crippen LogP contribution in [0.1, 0.15) is 0 Å². The Morgan fingerprint density at radius 2 is 1.31 bits per heavy atom. The highest BCUT2D eigenvalue weighted by atomic mass is 16.3. The smallest absolute Gasteiger partial charge is 0.246 e. The second-order valence-corrected chi connectivity index (χ2v) is 8.73. The minimum atomic E-state index is 0.548. The van der Waals surface area contributed by atoms with Crippen molar-refractivity contribution in [1.82, 2.24) is 9.97 Å². The first-order chi connectivity index (χ1) is 17.8. The Morgan fingerprint density at radius 1 is 0.611 bits per heavy atom. The molecule has 0 saturated carbocycles. The third kappa shape index (κ3) is 3.39. The highest BCUT2D eigenvalue weighted by Gasteiger charge is 2.16. The number of benzene rings is 5. The Morgan fingerprint density at radius 3 is 2.08 bits per heavy atom. The van der Waals surface area contributed by atoms with Crippen molar-refractivity contribution in [3.8, 4) is 11.3 Å². The van der Waals surface area contributed by atoms with E-state index < -0.39 is 0 Å². The van der Waals surface area contributed by atoms with Crippen LogP contribution < -0.4 is 4.90 Å². The summed E-state index contributed by atoms with van der Waals surface area (Å²) in [7, 11) is 0. The van der Waals surface area contributed by atoms with Crippen LogP contribution in [0.2, 0.25) is 0 Å². The van der Waals surface area contributed by atoms with E-state index in [9.17, 15) is 0 Å². The second kappa shape index (κ2) is 8.36. The zero-order valence-electron chi connectivity index (χ0n) is 19.4. The van der Waals surface area contributed by atoms with E-state index in [1.165, 1.54) is 0 Å². The van der Waals surface area contributed by atoms with Crippen LogP contribution in [0.25, 0.3) is 44.2 Å². The van der Waals surface area contributed by atoms with Gasteiger partial charge in [-0.1, -0.05) is 78.9 Å². The number of para-hydroxylation sites is 2. The van der Waals surface area contributed by atoms with Crippen LogP contribution in [-0.2, 0) is 0 Å². The molecule has 0 spiro atoms. The van der Waals surface area contributed by atoms with Gasteiger partial charge in [-0.15, -0.1) is 0 Å². The van der Waals surface area contributed by atoms with Crippen LogP contribution in [0.3, 0.4) is 0 Å². The van der Waals surface area contributed by atoms with Crippen LogP contribution in [0, 0.1) is 0 Å². The quantitative estimate of drug-likeness (QED) is 0.262. The third-order valence-corrected chi connectivity index (χ3v) is 6.50. The zero-order chi connectivity index (χ0) is 23.9. The molecule has 5 aromatic carbocycles. The first-order valence-electron chi connectivity index (χ1n) is 11.9. The molecule has 0 N–H and O–H groups in total. The fraction of sp³-hybridized carbons (Fsp3) is 0. The Balaban J connectivity index is 1.36. The van der Waals surface area contributed by atoms with Crippen molar-refractivity contribution >= 4 is 50.0 Å². The molecule has 0 unspecified atom stereocenters. The average Bonchev–Trinajstić information content (AvgIpc) is 3.33. The van der Waals surface area contributed by atoms with Gasteiger partial charge in [-0.25, -0.2) is 9.97 Å². The summed E-state index contributed by atoms with van der Waals surface area (Å²) in [6.07, 6.45) is 1.84. The Bertz CT molecular complexity index is 1800. The molecule has 4 heteroatoms. The largest absolute Gasteiger partial charge is 0.436 e. The fourth-order valence-electron chi connectivity index (χ4n) is 4.84. The summed E-state index contributed by atoms with van der Waals surface area (Å²) >= 11 is 0. The molecule has 0 fully saturated rings. The topological polar surface area (TPSA) is 42.2 Å². The van der Waals surface area contributed by atoms with Gasteiger partial charge < -0.3 is 9.32 Å². The molecule has 4 nitrogen and oxygen atoms in total. The van der Waals surface area contributed by atoms with Gasteiger partial charge in [0.15, 0.2) is 0 Å². The van der Waals surface area contributed by atoms with Crippen molar-refractivity contribution in [3.05, 3.63) is 128 Å². The van der Waals surface area contributed by atoms with Gasteiger partial charge in [-0.2, -0.15) is 0 Å². The number of hydrogen-bond acceptors (Lipinski definition) is 4. The van der Waals surface area contributed by atoms with Crippen LogP contribution in [0.5, 0.6) is 0 Å². The van der Waals surface area contributed by atoms with Gasteiger partial charge in [0.1, 0.15) is 11.1 Å². The Labute approximate surface area is 208 Å². The molecule has 0 aliphatic rings. The monoisotopic (exact) mass is 463 g/mol. The molecule has 0 atom stereocenters. The number of fused-ring (bicyclic) bond motifs is 5. The maximum Gasteiger partial charge on any atom is 0.246 e. The van der Waals surface area contributed by atoms with Gasteiger partial charge in [0.05, 0.1) is 17.3 Å². The predicted molar refractivity (Wildman–Crippen MR) is 147 cm³/mol. The molecule has 0 radical (unpaired) electrons. The van der Waals surface area contributed by atoms with E-state index >= 15 is 0 Å². The van der Waals surface area contributed by atoms with E-state index in [2.05, 4.69) is 95.9 Å². The lowest BCUT2D eigenvalue weighted by Gasteiger charge is -2.25. The molecule has 0 bridgehead atoms. The summed E-state index contributed by atoms with van der Waals surface area (Å²) in [6, 6.07) is 41.5. The van der Waals surface area contributed by atoms with Gasteiger partial charge in [-0.05, 0) is 53.2 Å². The summed E-state index contributed by atoms with van der Waals surface area (Å²) in [5.74, 6) is 0. The summed E-state index contributed by atoms with van der Waals surface area (Å²) in [4.78, 5) is 11.9. The molecular weight excluding hydrogens is 442 g/mol. The highest BCUT2D eigenvalue weighted by molar-refractivity contribution is 6.16. The number of rotatable bonds is 4. The summed E-state index contributed by atoms with van der Waals surface area (Å²) < 4.78 is 6.15. The van der Waals surface area contributed by atoms with Crippen molar-refractivity contribution in [2.24, 2.45) is 0 Å². The van der Waals surface area contributed by atoms with E-state index in [0.29, 0.717) is 5.71 Å². The van der Waals surface area contributed by atoms with Crippen LogP contribution >= 0.6 is 0 Å². The molecule has 170 valence electrons. The van der Waals surface area contributed by atoms with Crippen LogP contribution in [0.4, 0.5) is 17.1 Å². The molecule has 7 rings (SSSR count). The van der Waals surface area contributed by atoms with Crippen LogP contribution in [0.15, 0.2) is 132 Å². The van der Waals surface area contributed by atoms with E-state index in [1.807, 2.05) is 36.5 Å². The summed E-state index contributed by atoms with van der Waals surface area (Å²) in [5, 5.41) is 3.29. The van der Waals surface area contributed by atoms with E-state index in [-0.39, 0.29) is 0 Å². The average molecular weight is 464 g/mol. The van der Waals surface area contributed by atoms with Gasteiger partial charge >= 0.3 is 0 Å². The maximum absolute atomic E-state index is 6.15. The zero-order valence-corrected chi connectivity index (χ0v) is 19.4. The SMILES string of the molecule is c1ccc(N(c2ccccc2)c2cccc(-c3cnc4c(n3)oc3ccc5ccccc5c34)c2)cc1. The van der Waals surface area contributed by atoms with Gasteiger partial charge in [0.25, 0.3) is 0 Å². The lowest BCUT2D eigenvalue weighted by molar-refractivity contribution is 0.654. The number of furan rings is 1. The second-order valence-electron chi connectivity index (χ2n) is 8.73. The normalized spacial score (nSPS) is 11.3. The molecule has 0 aliphatic heterocycles. The Kier molecular flexibility index (Phi) is 4.74. The molecule has 0 saturated heterocycles. The maximum atomic E-state index is 6.15. The highest BCUT2D eigenvalue weighted by Crippen LogP contribution is 2.37. The van der Waals surface area contributed by atoms with E-state index in [1.54, 1.807) is 0 Å². The molecular formula is C32H21N3O. The molecule has 7 aromatic rings. The fourth-order valence-corrected chi connectivity index (χ4v) is 4.84. The standard InChI is InChI=1S/C32H21N3O/c1-3-12-24(13-4-1)35(25-14-5-2-6-15-25)26-16-9-11-23(20-26)28-21-33-31-30-27-17-8-7-10-22(27)18-19-29(30)36-32(31)34-28/h1-21H. The first kappa shape index (κ1) is 20.4. The number of aromatic nitrogens is 2. The van der Waals surface area contributed by atoms with Crippen molar-refractivity contribution in [3.63, 3.8) is 0 Å². The van der Waals surface area contributed by atoms with Crippen molar-refractivity contribution < 1.29 is 4.42 Å². The minimum absolute atomic E-state index is 0.548. The lowest BCUT2D eigenvalue weighted by Crippen LogP contribution is -2.09. The first-order valence-corrected chi connectivity index (χ1v) is 11.9. The summed E-state index contributed by atoms with van der Waals surface area (Å²) in [5.41, 5.74) is 7.11. The van der Waals surface area contributed by atoms with E-state index in [4.69, 9.17) is 14.4 Å². The van der Waals surface area contributed by atoms with Gasteiger partial charge in [0, 0.05) is 22.6 Å². The molecule has 0 aliphatic carbocycles. The third-order valence-electron chi connectivity index (χ3n) is 6.50. The van der Waals surface area contributed by atoms with Crippen molar-refractivity contribution in [2.75, 3.05) is 4.90 Å². The van der Waals surface area contributed by atoms with Crippen molar-refractivity contribution in [1.29, 1.82) is 0 Å². The number of anilines is 3. The van der Waals surface area contributed by atoms with E-state index in [0.717, 1.165) is 55.6 Å². The lowest BCUT2D eigenvalue weighted by atomic mass is 10.1. The van der Waals surface area contributed by atoms with Gasteiger partial charge in [0.2, 0.25) is 5.71 Å². The summed E-state index contributed by atoms with van der Waals surface area (Å²) in [6.45, 7) is 0. The molecule has 2 heterocycles. The minimum Gasteiger partial charge on any atom is -0.436 e. The number of hydrogen-bond donors (Lipinski definition) is 0. The Hall–Kier alpha value is -4.96.